The minimum Gasteiger partial charge on any atom is -0.308 e. The summed E-state index contributed by atoms with van der Waals surface area (Å²) in [4.78, 5) is 10.2. The molecule has 0 saturated heterocycles. The molecule has 0 radical (unpaired) electrons. The Bertz CT molecular complexity index is 581. The largest absolute Gasteiger partial charge is 0.308 e. The second kappa shape index (κ2) is 6.37. The van der Waals surface area contributed by atoms with E-state index in [9.17, 15) is 0 Å². The Labute approximate surface area is 124 Å². The highest BCUT2D eigenvalue weighted by atomic mass is 32.2. The number of benzene rings is 1. The van der Waals surface area contributed by atoms with Gasteiger partial charge in [0.2, 0.25) is 0 Å². The van der Waals surface area contributed by atoms with Crippen molar-refractivity contribution in [1.29, 1.82) is 0 Å². The topological polar surface area (TPSA) is 37.8 Å². The van der Waals surface area contributed by atoms with Crippen LogP contribution in [0.25, 0.3) is 0 Å². The van der Waals surface area contributed by atoms with Gasteiger partial charge in [-0.25, -0.2) is 9.97 Å². The summed E-state index contributed by atoms with van der Waals surface area (Å²) in [5.74, 6) is 1.73. The van der Waals surface area contributed by atoms with Crippen molar-refractivity contribution in [3.8, 4) is 0 Å². The van der Waals surface area contributed by atoms with Crippen LogP contribution in [0.5, 0.6) is 0 Å². The van der Waals surface area contributed by atoms with E-state index in [1.807, 2.05) is 12.3 Å². The number of hydrogen-bond donors (Lipinski definition) is 1. The second-order valence-electron chi connectivity index (χ2n) is 5.22. The van der Waals surface area contributed by atoms with Crippen LogP contribution in [-0.4, -0.2) is 16.0 Å². The fourth-order valence-electron chi connectivity index (χ4n) is 2.00. The van der Waals surface area contributed by atoms with Crippen LogP contribution >= 0.6 is 11.8 Å². The Kier molecular flexibility index (Phi) is 4.33. The average molecular weight is 285 g/mol. The van der Waals surface area contributed by atoms with Gasteiger partial charge in [0.15, 0.2) is 0 Å². The summed E-state index contributed by atoms with van der Waals surface area (Å²) in [6.07, 6.45) is 4.48. The molecule has 0 aliphatic heterocycles. The highest BCUT2D eigenvalue weighted by molar-refractivity contribution is 7.98. The molecule has 104 valence electrons. The van der Waals surface area contributed by atoms with Crippen LogP contribution in [0.3, 0.4) is 0 Å². The minimum atomic E-state index is 0.718. The molecule has 20 heavy (non-hydrogen) atoms. The molecule has 1 aromatic carbocycles. The molecule has 1 saturated carbocycles. The molecule has 4 heteroatoms. The maximum Gasteiger partial charge on any atom is 0.138 e. The molecule has 0 unspecified atom stereocenters. The molecule has 1 heterocycles. The lowest BCUT2D eigenvalue weighted by atomic mass is 10.2. The van der Waals surface area contributed by atoms with E-state index in [1.54, 1.807) is 11.8 Å². The first-order valence-electron chi connectivity index (χ1n) is 7.03. The van der Waals surface area contributed by atoms with E-state index < -0.39 is 0 Å². The number of rotatable bonds is 6. The van der Waals surface area contributed by atoms with Gasteiger partial charge in [0.05, 0.1) is 11.4 Å². The maximum absolute atomic E-state index is 4.62. The molecule has 1 aliphatic carbocycles. The van der Waals surface area contributed by atoms with E-state index in [1.165, 1.54) is 23.3 Å². The molecule has 2 aromatic rings. The Hall–Kier alpha value is -1.39. The predicted octanol–water partition coefficient (Wildman–Crippen LogP) is 3.33. The molecule has 3 rings (SSSR count). The van der Waals surface area contributed by atoms with Crippen LogP contribution in [-0.2, 0) is 12.3 Å². The molecular weight excluding hydrogens is 266 g/mol. The molecule has 1 aromatic heterocycles. The van der Waals surface area contributed by atoms with Gasteiger partial charge in [-0.1, -0.05) is 17.7 Å². The van der Waals surface area contributed by atoms with Gasteiger partial charge >= 0.3 is 0 Å². The van der Waals surface area contributed by atoms with Crippen molar-refractivity contribution < 1.29 is 0 Å². The van der Waals surface area contributed by atoms with Gasteiger partial charge in [0.25, 0.3) is 0 Å². The Morgan fingerprint density at radius 3 is 3.00 bits per heavy atom. The molecule has 0 bridgehead atoms. The average Bonchev–Trinajstić information content (AvgIpc) is 3.28. The zero-order valence-electron chi connectivity index (χ0n) is 11.7. The molecule has 1 fully saturated rings. The van der Waals surface area contributed by atoms with Crippen LogP contribution in [0.4, 0.5) is 0 Å². The third-order valence-corrected chi connectivity index (χ3v) is 4.26. The first-order valence-corrected chi connectivity index (χ1v) is 8.02. The SMILES string of the molecule is Cc1cccc(SCc2nccc(CNC3CC3)n2)c1. The van der Waals surface area contributed by atoms with Crippen LogP contribution in [0.15, 0.2) is 41.4 Å². The van der Waals surface area contributed by atoms with Crippen molar-refractivity contribution in [3.05, 3.63) is 53.6 Å². The second-order valence-corrected chi connectivity index (χ2v) is 6.27. The third-order valence-electron chi connectivity index (χ3n) is 3.27. The maximum atomic E-state index is 4.62. The molecule has 1 N–H and O–H groups in total. The highest BCUT2D eigenvalue weighted by Gasteiger charge is 2.20. The van der Waals surface area contributed by atoms with Crippen LogP contribution in [0, 0.1) is 6.92 Å². The summed E-state index contributed by atoms with van der Waals surface area (Å²) in [6, 6.07) is 11.3. The van der Waals surface area contributed by atoms with Gasteiger partial charge in [-0.05, 0) is 38.0 Å². The number of nitrogens with one attached hydrogen (secondary N) is 1. The van der Waals surface area contributed by atoms with Gasteiger partial charge < -0.3 is 5.32 Å². The number of nitrogens with zero attached hydrogens (tertiary/aromatic N) is 2. The van der Waals surface area contributed by atoms with Crippen molar-refractivity contribution >= 4 is 11.8 Å². The third kappa shape index (κ3) is 4.05. The summed E-state index contributed by atoms with van der Waals surface area (Å²) in [7, 11) is 0. The molecule has 0 atom stereocenters. The van der Waals surface area contributed by atoms with Gasteiger partial charge in [0.1, 0.15) is 5.82 Å². The standard InChI is InChI=1S/C16H19N3S/c1-12-3-2-4-15(9-12)20-11-16-17-8-7-14(19-16)10-18-13-5-6-13/h2-4,7-9,13,18H,5-6,10-11H2,1H3. The number of aromatic nitrogens is 2. The van der Waals surface area contributed by atoms with Crippen LogP contribution < -0.4 is 5.32 Å². The predicted molar refractivity (Wildman–Crippen MR) is 82.6 cm³/mol. The van der Waals surface area contributed by atoms with Crippen molar-refractivity contribution in [1.82, 2.24) is 15.3 Å². The lowest BCUT2D eigenvalue weighted by Gasteiger charge is -2.05. The highest BCUT2D eigenvalue weighted by Crippen LogP contribution is 2.22. The van der Waals surface area contributed by atoms with E-state index in [-0.39, 0.29) is 0 Å². The van der Waals surface area contributed by atoms with E-state index in [0.29, 0.717) is 0 Å². The van der Waals surface area contributed by atoms with Crippen molar-refractivity contribution in [2.75, 3.05) is 0 Å². The number of aryl methyl sites for hydroxylation is 1. The summed E-state index contributed by atoms with van der Waals surface area (Å²) in [5.41, 5.74) is 2.38. The summed E-state index contributed by atoms with van der Waals surface area (Å²) in [5, 5.41) is 3.48. The quantitative estimate of drug-likeness (QED) is 0.826. The Balaban J connectivity index is 1.57. The molecule has 1 aliphatic rings. The first-order chi connectivity index (χ1) is 9.79. The number of thioether (sulfide) groups is 1. The van der Waals surface area contributed by atoms with E-state index in [4.69, 9.17) is 0 Å². The van der Waals surface area contributed by atoms with E-state index in [2.05, 4.69) is 46.5 Å². The van der Waals surface area contributed by atoms with Crippen molar-refractivity contribution in [2.24, 2.45) is 0 Å². The Morgan fingerprint density at radius 2 is 2.20 bits per heavy atom. The van der Waals surface area contributed by atoms with Gasteiger partial charge in [-0.3, -0.25) is 0 Å². The van der Waals surface area contributed by atoms with E-state index in [0.717, 1.165) is 29.9 Å². The molecule has 3 nitrogen and oxygen atoms in total. The summed E-state index contributed by atoms with van der Waals surface area (Å²) >= 11 is 1.79. The van der Waals surface area contributed by atoms with Crippen LogP contribution in [0.2, 0.25) is 0 Å². The normalized spacial score (nSPS) is 14.4. The zero-order valence-corrected chi connectivity index (χ0v) is 12.5. The molecular formula is C16H19N3S. The fourth-order valence-corrected chi connectivity index (χ4v) is 2.88. The van der Waals surface area contributed by atoms with E-state index >= 15 is 0 Å². The van der Waals surface area contributed by atoms with Crippen molar-refractivity contribution in [3.63, 3.8) is 0 Å². The Morgan fingerprint density at radius 1 is 1.30 bits per heavy atom. The van der Waals surface area contributed by atoms with Gasteiger partial charge in [-0.15, -0.1) is 11.8 Å². The molecule has 0 amide bonds. The minimum absolute atomic E-state index is 0.718. The summed E-state index contributed by atoms with van der Waals surface area (Å²) in [6.45, 7) is 2.97. The first kappa shape index (κ1) is 13.6. The summed E-state index contributed by atoms with van der Waals surface area (Å²) < 4.78 is 0. The molecule has 0 spiro atoms. The smallest absolute Gasteiger partial charge is 0.138 e. The van der Waals surface area contributed by atoms with Crippen molar-refractivity contribution in [2.45, 2.75) is 43.0 Å². The van der Waals surface area contributed by atoms with Gasteiger partial charge in [0, 0.05) is 23.7 Å². The fraction of sp³-hybridized carbons (Fsp3) is 0.375. The lowest BCUT2D eigenvalue weighted by molar-refractivity contribution is 0.670. The van der Waals surface area contributed by atoms with Crippen LogP contribution in [0.1, 0.15) is 29.9 Å². The zero-order chi connectivity index (χ0) is 13.8. The lowest BCUT2D eigenvalue weighted by Crippen LogP contribution is -2.16. The monoisotopic (exact) mass is 285 g/mol. The number of hydrogen-bond acceptors (Lipinski definition) is 4. The van der Waals surface area contributed by atoms with Gasteiger partial charge in [-0.2, -0.15) is 0 Å².